The summed E-state index contributed by atoms with van der Waals surface area (Å²) in [5.41, 5.74) is 8.68. The molecule has 2 unspecified atom stereocenters. The number of benzene rings is 1. The van der Waals surface area contributed by atoms with E-state index in [-0.39, 0.29) is 6.03 Å². The first-order chi connectivity index (χ1) is 13.2. The third-order valence-electron chi connectivity index (χ3n) is 5.30. The Kier molecular flexibility index (Phi) is 7.46. The van der Waals surface area contributed by atoms with Crippen molar-refractivity contribution in [2.24, 2.45) is 0 Å². The van der Waals surface area contributed by atoms with Gasteiger partial charge in [0.15, 0.2) is 0 Å². The highest BCUT2D eigenvalue weighted by atomic mass is 16.5. The molecule has 0 bridgehead atoms. The smallest absolute Gasteiger partial charge is 0.321 e. The van der Waals surface area contributed by atoms with Crippen LogP contribution in [-0.4, -0.2) is 67.8 Å². The quantitative estimate of drug-likeness (QED) is 0.680. The molecule has 2 heterocycles. The van der Waals surface area contributed by atoms with Crippen LogP contribution in [0.5, 0.6) is 0 Å². The molecule has 0 aromatic heterocycles. The van der Waals surface area contributed by atoms with Crippen molar-refractivity contribution in [3.63, 3.8) is 0 Å². The summed E-state index contributed by atoms with van der Waals surface area (Å²) >= 11 is 0. The Morgan fingerprint density at radius 3 is 2.78 bits per heavy atom. The largest absolute Gasteiger partial charge is 0.379 e. The standard InChI is InChI=1S/C20H33N5O2/c1-3-6-17-13-18(23-22-17)15-24(2)20(26)21-19-8-5-4-7-16(19)14-25-9-11-27-12-10-25/h4-5,7-8,17-18,22-23H,3,6,9-15H2,1-2H3,(H,21,26). The second kappa shape index (κ2) is 10.0. The number of morpholine rings is 1. The fourth-order valence-electron chi connectivity index (χ4n) is 3.76. The van der Waals surface area contributed by atoms with Crippen molar-refractivity contribution in [1.29, 1.82) is 0 Å². The van der Waals surface area contributed by atoms with Gasteiger partial charge in [0.05, 0.1) is 13.2 Å². The maximum Gasteiger partial charge on any atom is 0.321 e. The summed E-state index contributed by atoms with van der Waals surface area (Å²) < 4.78 is 5.42. The van der Waals surface area contributed by atoms with Crippen molar-refractivity contribution in [2.45, 2.75) is 44.8 Å². The molecule has 150 valence electrons. The van der Waals surface area contributed by atoms with Gasteiger partial charge in [0, 0.05) is 51.0 Å². The topological polar surface area (TPSA) is 68.9 Å². The van der Waals surface area contributed by atoms with E-state index in [4.69, 9.17) is 4.74 Å². The molecule has 0 saturated carbocycles. The number of likely N-dealkylation sites (N-methyl/N-ethyl adjacent to an activating group) is 1. The number of anilines is 1. The van der Waals surface area contributed by atoms with Crippen molar-refractivity contribution in [3.8, 4) is 0 Å². The van der Waals surface area contributed by atoms with Gasteiger partial charge in [0.2, 0.25) is 0 Å². The third kappa shape index (κ3) is 5.90. The molecule has 0 aliphatic carbocycles. The minimum atomic E-state index is -0.0647. The van der Waals surface area contributed by atoms with Crippen LogP contribution in [0.1, 0.15) is 31.7 Å². The molecule has 2 fully saturated rings. The zero-order valence-corrected chi connectivity index (χ0v) is 16.5. The van der Waals surface area contributed by atoms with Crippen molar-refractivity contribution in [2.75, 3.05) is 45.2 Å². The lowest BCUT2D eigenvalue weighted by molar-refractivity contribution is 0.0342. The predicted molar refractivity (Wildman–Crippen MR) is 108 cm³/mol. The molecule has 0 spiro atoms. The van der Waals surface area contributed by atoms with E-state index >= 15 is 0 Å². The Morgan fingerprint density at radius 2 is 2.00 bits per heavy atom. The summed E-state index contributed by atoms with van der Waals surface area (Å²) in [7, 11) is 1.86. The van der Waals surface area contributed by atoms with Gasteiger partial charge in [0.25, 0.3) is 0 Å². The van der Waals surface area contributed by atoms with Crippen LogP contribution in [0.2, 0.25) is 0 Å². The van der Waals surface area contributed by atoms with Gasteiger partial charge in [-0.1, -0.05) is 31.5 Å². The van der Waals surface area contributed by atoms with E-state index in [0.717, 1.165) is 56.9 Å². The monoisotopic (exact) mass is 375 g/mol. The zero-order valence-electron chi connectivity index (χ0n) is 16.5. The predicted octanol–water partition coefficient (Wildman–Crippen LogP) is 2.02. The molecule has 2 aliphatic rings. The van der Waals surface area contributed by atoms with Crippen molar-refractivity contribution >= 4 is 11.7 Å². The zero-order chi connectivity index (χ0) is 19.1. The number of hydrogen-bond acceptors (Lipinski definition) is 5. The normalized spacial score (nSPS) is 23.3. The third-order valence-corrected chi connectivity index (χ3v) is 5.30. The van der Waals surface area contributed by atoms with E-state index in [0.29, 0.717) is 18.6 Å². The summed E-state index contributed by atoms with van der Waals surface area (Å²) in [5.74, 6) is 0. The maximum atomic E-state index is 12.7. The first-order valence-corrected chi connectivity index (χ1v) is 10.1. The molecule has 1 aromatic carbocycles. The molecule has 7 nitrogen and oxygen atoms in total. The van der Waals surface area contributed by atoms with Crippen LogP contribution in [0.25, 0.3) is 0 Å². The lowest BCUT2D eigenvalue weighted by Crippen LogP contribution is -2.43. The summed E-state index contributed by atoms with van der Waals surface area (Å²) in [6.45, 7) is 7.13. The molecule has 0 radical (unpaired) electrons. The first kappa shape index (κ1) is 20.1. The second-order valence-electron chi connectivity index (χ2n) is 7.56. The molecular weight excluding hydrogens is 342 g/mol. The van der Waals surface area contributed by atoms with Gasteiger partial charge < -0.3 is 15.0 Å². The first-order valence-electron chi connectivity index (χ1n) is 10.1. The Balaban J connectivity index is 1.52. The lowest BCUT2D eigenvalue weighted by Gasteiger charge is -2.28. The van der Waals surface area contributed by atoms with E-state index < -0.39 is 0 Å². The molecule has 2 atom stereocenters. The van der Waals surface area contributed by atoms with Gasteiger partial charge >= 0.3 is 6.03 Å². The lowest BCUT2D eigenvalue weighted by atomic mass is 10.1. The van der Waals surface area contributed by atoms with Crippen LogP contribution < -0.4 is 16.2 Å². The minimum Gasteiger partial charge on any atom is -0.379 e. The Hall–Kier alpha value is -1.67. The van der Waals surface area contributed by atoms with E-state index in [9.17, 15) is 4.79 Å². The van der Waals surface area contributed by atoms with Gasteiger partial charge in [0.1, 0.15) is 0 Å². The number of rotatable bonds is 7. The molecule has 2 aliphatic heterocycles. The van der Waals surface area contributed by atoms with E-state index in [1.165, 1.54) is 6.42 Å². The number of nitrogens with zero attached hydrogens (tertiary/aromatic N) is 2. The molecule has 7 heteroatoms. The molecule has 3 N–H and O–H groups in total. The van der Waals surface area contributed by atoms with Crippen LogP contribution in [0.3, 0.4) is 0 Å². The number of carbonyl (C=O) groups is 1. The molecule has 2 amide bonds. The molecule has 3 rings (SSSR count). The number of hydrogen-bond donors (Lipinski definition) is 3. The Labute approximate surface area is 162 Å². The van der Waals surface area contributed by atoms with Crippen LogP contribution >= 0.6 is 0 Å². The second-order valence-corrected chi connectivity index (χ2v) is 7.56. The van der Waals surface area contributed by atoms with Crippen LogP contribution in [0.15, 0.2) is 24.3 Å². The SMILES string of the molecule is CCCC1CC(CN(C)C(=O)Nc2ccccc2CN2CCOCC2)NN1. The number of ether oxygens (including phenoxy) is 1. The number of para-hydroxylation sites is 1. The van der Waals surface area contributed by atoms with Crippen molar-refractivity contribution < 1.29 is 9.53 Å². The number of amides is 2. The van der Waals surface area contributed by atoms with E-state index in [1.807, 2.05) is 25.2 Å². The van der Waals surface area contributed by atoms with Gasteiger partial charge in [-0.05, 0) is 24.5 Å². The van der Waals surface area contributed by atoms with Gasteiger partial charge in [-0.25, -0.2) is 4.79 Å². The average molecular weight is 376 g/mol. The highest BCUT2D eigenvalue weighted by Crippen LogP contribution is 2.19. The van der Waals surface area contributed by atoms with Gasteiger partial charge in [-0.2, -0.15) is 0 Å². The van der Waals surface area contributed by atoms with E-state index in [2.05, 4.69) is 34.1 Å². The van der Waals surface area contributed by atoms with Gasteiger partial charge in [-0.3, -0.25) is 15.8 Å². The highest BCUT2D eigenvalue weighted by molar-refractivity contribution is 5.90. The van der Waals surface area contributed by atoms with Crippen LogP contribution in [0.4, 0.5) is 10.5 Å². The summed E-state index contributed by atoms with van der Waals surface area (Å²) in [6, 6.07) is 8.79. The summed E-state index contributed by atoms with van der Waals surface area (Å²) in [5, 5.41) is 3.09. The summed E-state index contributed by atoms with van der Waals surface area (Å²) in [6.07, 6.45) is 3.38. The molecular formula is C20H33N5O2. The number of urea groups is 1. The average Bonchev–Trinajstić information content (AvgIpc) is 3.11. The fraction of sp³-hybridized carbons (Fsp3) is 0.650. The number of hydrazine groups is 1. The van der Waals surface area contributed by atoms with Crippen LogP contribution in [-0.2, 0) is 11.3 Å². The molecule has 27 heavy (non-hydrogen) atoms. The van der Waals surface area contributed by atoms with Crippen LogP contribution in [0, 0.1) is 0 Å². The fourth-order valence-corrected chi connectivity index (χ4v) is 3.76. The minimum absolute atomic E-state index is 0.0647. The van der Waals surface area contributed by atoms with Crippen molar-refractivity contribution in [1.82, 2.24) is 20.7 Å². The molecule has 1 aromatic rings. The highest BCUT2D eigenvalue weighted by Gasteiger charge is 2.25. The molecule has 2 saturated heterocycles. The Morgan fingerprint density at radius 1 is 1.26 bits per heavy atom. The summed E-state index contributed by atoms with van der Waals surface area (Å²) in [4.78, 5) is 16.8. The number of carbonyl (C=O) groups excluding carboxylic acids is 1. The maximum absolute atomic E-state index is 12.7. The van der Waals surface area contributed by atoms with Crippen molar-refractivity contribution in [3.05, 3.63) is 29.8 Å². The van der Waals surface area contributed by atoms with Gasteiger partial charge in [-0.15, -0.1) is 0 Å². The van der Waals surface area contributed by atoms with E-state index in [1.54, 1.807) is 4.90 Å². The number of nitrogens with one attached hydrogen (secondary N) is 3. The Bertz CT molecular complexity index is 606.